The quantitative estimate of drug-likeness (QED) is 0.672. The van der Waals surface area contributed by atoms with Gasteiger partial charge in [0.2, 0.25) is 0 Å². The number of rotatable bonds is 4. The summed E-state index contributed by atoms with van der Waals surface area (Å²) in [6, 6.07) is 6.28. The smallest absolute Gasteiger partial charge is 0.303 e. The average Bonchev–Trinajstić information content (AvgIpc) is 2.46. The lowest BCUT2D eigenvalue weighted by molar-refractivity contribution is -0.384. The molecule has 1 fully saturated rings. The molecule has 0 aromatic heterocycles. The molecule has 0 bridgehead atoms. The van der Waals surface area contributed by atoms with Crippen LogP contribution in [0.4, 0.5) is 11.4 Å². The summed E-state index contributed by atoms with van der Waals surface area (Å²) >= 11 is 0. The van der Waals surface area contributed by atoms with Crippen molar-refractivity contribution >= 4 is 17.3 Å². The lowest BCUT2D eigenvalue weighted by atomic mass is 9.93. The third-order valence-corrected chi connectivity index (χ3v) is 3.72. The Bertz CT molecular complexity index is 601. The molecule has 1 N–H and O–H groups in total. The molecule has 1 aliphatic rings. The number of aliphatic carboxylic acids is 1. The molecule has 0 saturated carbocycles. The van der Waals surface area contributed by atoms with Crippen molar-refractivity contribution in [3.8, 4) is 6.07 Å². The average molecular weight is 289 g/mol. The summed E-state index contributed by atoms with van der Waals surface area (Å²) in [5.41, 5.74) is 0.793. The monoisotopic (exact) mass is 289 g/mol. The van der Waals surface area contributed by atoms with E-state index < -0.39 is 10.9 Å². The number of nitro benzene ring substituents is 1. The number of hydrogen-bond donors (Lipinski definition) is 1. The van der Waals surface area contributed by atoms with Gasteiger partial charge in [0.05, 0.1) is 16.6 Å². The molecule has 0 unspecified atom stereocenters. The van der Waals surface area contributed by atoms with Crippen LogP contribution in [0.5, 0.6) is 0 Å². The van der Waals surface area contributed by atoms with E-state index in [0.717, 1.165) is 0 Å². The number of anilines is 1. The van der Waals surface area contributed by atoms with E-state index in [9.17, 15) is 14.9 Å². The Balaban J connectivity index is 2.17. The van der Waals surface area contributed by atoms with Gasteiger partial charge in [-0.25, -0.2) is 0 Å². The third kappa shape index (κ3) is 3.48. The Morgan fingerprint density at radius 1 is 1.48 bits per heavy atom. The SMILES string of the molecule is N#Cc1ccc([N+](=O)[O-])c(N2CCC(CC(=O)O)CC2)c1. The Labute approximate surface area is 121 Å². The van der Waals surface area contributed by atoms with E-state index in [2.05, 4.69) is 0 Å². The van der Waals surface area contributed by atoms with Crippen LogP contribution < -0.4 is 4.90 Å². The molecular weight excluding hydrogens is 274 g/mol. The van der Waals surface area contributed by atoms with Gasteiger partial charge in [0.1, 0.15) is 5.69 Å². The Hall–Kier alpha value is -2.62. The van der Waals surface area contributed by atoms with Gasteiger partial charge in [-0.15, -0.1) is 0 Å². The van der Waals surface area contributed by atoms with Crippen LogP contribution in [0.1, 0.15) is 24.8 Å². The van der Waals surface area contributed by atoms with Crippen LogP contribution in [0, 0.1) is 27.4 Å². The molecule has 1 aliphatic heterocycles. The largest absolute Gasteiger partial charge is 0.481 e. The second-order valence-corrected chi connectivity index (χ2v) is 5.10. The molecule has 2 rings (SSSR count). The minimum absolute atomic E-state index is 0.0225. The summed E-state index contributed by atoms with van der Waals surface area (Å²) in [4.78, 5) is 23.2. The molecule has 0 radical (unpaired) electrons. The first-order valence-electron chi connectivity index (χ1n) is 6.66. The van der Waals surface area contributed by atoms with E-state index in [1.807, 2.05) is 11.0 Å². The van der Waals surface area contributed by atoms with Crippen molar-refractivity contribution in [3.05, 3.63) is 33.9 Å². The highest BCUT2D eigenvalue weighted by Crippen LogP contribution is 2.32. The van der Waals surface area contributed by atoms with Gasteiger partial charge in [-0.2, -0.15) is 5.26 Å². The minimum Gasteiger partial charge on any atom is -0.481 e. The highest BCUT2D eigenvalue weighted by atomic mass is 16.6. The van der Waals surface area contributed by atoms with E-state index in [0.29, 0.717) is 37.2 Å². The number of nitriles is 1. The van der Waals surface area contributed by atoms with Crippen molar-refractivity contribution in [2.24, 2.45) is 5.92 Å². The standard InChI is InChI=1S/C14H15N3O4/c15-9-11-1-2-12(17(20)21)13(7-11)16-5-3-10(4-6-16)8-14(18)19/h1-2,7,10H,3-6,8H2,(H,18,19). The third-order valence-electron chi connectivity index (χ3n) is 3.72. The van der Waals surface area contributed by atoms with Crippen molar-refractivity contribution in [1.29, 1.82) is 5.26 Å². The molecule has 1 saturated heterocycles. The fourth-order valence-electron chi connectivity index (χ4n) is 2.63. The Morgan fingerprint density at radius 3 is 2.67 bits per heavy atom. The molecule has 0 spiro atoms. The highest BCUT2D eigenvalue weighted by molar-refractivity contribution is 5.68. The number of piperidine rings is 1. The molecule has 0 aliphatic carbocycles. The lowest BCUT2D eigenvalue weighted by Gasteiger charge is -2.32. The lowest BCUT2D eigenvalue weighted by Crippen LogP contribution is -2.34. The summed E-state index contributed by atoms with van der Waals surface area (Å²) in [5, 5.41) is 28.8. The van der Waals surface area contributed by atoms with E-state index >= 15 is 0 Å². The predicted octanol–water partition coefficient (Wildman–Crippen LogP) is 2.16. The van der Waals surface area contributed by atoms with Crippen LogP contribution >= 0.6 is 0 Å². The van der Waals surface area contributed by atoms with Gasteiger partial charge in [0.15, 0.2) is 0 Å². The number of nitrogens with zero attached hydrogens (tertiary/aromatic N) is 3. The topological polar surface area (TPSA) is 107 Å². The molecule has 1 aromatic rings. The van der Waals surface area contributed by atoms with Gasteiger partial charge >= 0.3 is 5.97 Å². The fraction of sp³-hybridized carbons (Fsp3) is 0.429. The summed E-state index contributed by atoms with van der Waals surface area (Å²) in [6.45, 7) is 1.13. The zero-order valence-corrected chi connectivity index (χ0v) is 11.4. The maximum atomic E-state index is 11.1. The van der Waals surface area contributed by atoms with E-state index in [1.54, 1.807) is 0 Å². The molecule has 21 heavy (non-hydrogen) atoms. The second kappa shape index (κ2) is 6.22. The maximum Gasteiger partial charge on any atom is 0.303 e. The van der Waals surface area contributed by atoms with Gasteiger partial charge in [-0.3, -0.25) is 14.9 Å². The van der Waals surface area contributed by atoms with Gasteiger partial charge in [-0.1, -0.05) is 0 Å². The van der Waals surface area contributed by atoms with Crippen LogP contribution in [0.15, 0.2) is 18.2 Å². The zero-order valence-electron chi connectivity index (χ0n) is 11.4. The first-order chi connectivity index (χ1) is 10.0. The van der Waals surface area contributed by atoms with E-state index in [-0.39, 0.29) is 18.0 Å². The molecule has 7 heteroatoms. The van der Waals surface area contributed by atoms with E-state index in [4.69, 9.17) is 10.4 Å². The van der Waals surface area contributed by atoms with Crippen LogP contribution in [-0.2, 0) is 4.79 Å². The summed E-state index contributed by atoms with van der Waals surface area (Å²) < 4.78 is 0. The number of nitro groups is 1. The van der Waals surface area contributed by atoms with Gasteiger partial charge < -0.3 is 10.0 Å². The number of carboxylic acid groups (broad SMARTS) is 1. The van der Waals surface area contributed by atoms with Crippen LogP contribution in [-0.4, -0.2) is 29.1 Å². The van der Waals surface area contributed by atoms with Crippen molar-refractivity contribution in [2.45, 2.75) is 19.3 Å². The molecule has 110 valence electrons. The van der Waals surface area contributed by atoms with Crippen molar-refractivity contribution in [2.75, 3.05) is 18.0 Å². The van der Waals surface area contributed by atoms with Crippen molar-refractivity contribution in [3.63, 3.8) is 0 Å². The normalized spacial score (nSPS) is 15.5. The maximum absolute atomic E-state index is 11.1. The van der Waals surface area contributed by atoms with Crippen LogP contribution in [0.3, 0.4) is 0 Å². The number of carboxylic acids is 1. The molecular formula is C14H15N3O4. The minimum atomic E-state index is -0.814. The summed E-state index contributed by atoms with van der Waals surface area (Å²) in [5.74, 6) is -0.706. The van der Waals surface area contributed by atoms with E-state index in [1.165, 1.54) is 18.2 Å². The molecule has 0 atom stereocenters. The Kier molecular flexibility index (Phi) is 4.38. The first-order valence-corrected chi connectivity index (χ1v) is 6.66. The molecule has 0 amide bonds. The van der Waals surface area contributed by atoms with Gasteiger partial charge in [0, 0.05) is 25.6 Å². The summed E-state index contributed by atoms with van der Waals surface area (Å²) in [7, 11) is 0. The summed E-state index contributed by atoms with van der Waals surface area (Å²) in [6.07, 6.45) is 1.49. The number of benzene rings is 1. The predicted molar refractivity (Wildman–Crippen MR) is 75.0 cm³/mol. The van der Waals surface area contributed by atoms with Crippen LogP contribution in [0.25, 0.3) is 0 Å². The number of hydrogen-bond acceptors (Lipinski definition) is 5. The van der Waals surface area contributed by atoms with Crippen molar-refractivity contribution < 1.29 is 14.8 Å². The van der Waals surface area contributed by atoms with Gasteiger partial charge in [0.25, 0.3) is 5.69 Å². The molecule has 1 aromatic carbocycles. The zero-order chi connectivity index (χ0) is 15.4. The second-order valence-electron chi connectivity index (χ2n) is 5.10. The fourth-order valence-corrected chi connectivity index (χ4v) is 2.63. The van der Waals surface area contributed by atoms with Crippen LogP contribution in [0.2, 0.25) is 0 Å². The Morgan fingerprint density at radius 2 is 2.14 bits per heavy atom. The first kappa shape index (κ1) is 14.8. The van der Waals surface area contributed by atoms with Crippen molar-refractivity contribution in [1.82, 2.24) is 0 Å². The highest BCUT2D eigenvalue weighted by Gasteiger charge is 2.26. The van der Waals surface area contributed by atoms with Gasteiger partial charge in [-0.05, 0) is 30.9 Å². The molecule has 7 nitrogen and oxygen atoms in total. The molecule has 1 heterocycles. The number of carbonyl (C=O) groups is 1.